The van der Waals surface area contributed by atoms with Gasteiger partial charge in [-0.25, -0.2) is 20.1 Å². The van der Waals surface area contributed by atoms with E-state index >= 15 is 0 Å². The smallest absolute Gasteiger partial charge is 0.339 e. The summed E-state index contributed by atoms with van der Waals surface area (Å²) in [5.74, 6) is -1.16. The van der Waals surface area contributed by atoms with Gasteiger partial charge in [0.05, 0.1) is 6.54 Å². The molecule has 7 nitrogen and oxygen atoms in total. The number of rotatable bonds is 5. The number of nitrogens with zero attached hydrogens (tertiary/aromatic N) is 1. The third-order valence-corrected chi connectivity index (χ3v) is 2.39. The third-order valence-electron chi connectivity index (χ3n) is 1.43. The quantitative estimate of drug-likeness (QED) is 0.646. The van der Waals surface area contributed by atoms with E-state index in [-0.39, 0.29) is 6.54 Å². The van der Waals surface area contributed by atoms with Crippen molar-refractivity contribution in [1.82, 2.24) is 15.8 Å². The lowest BCUT2D eigenvalue weighted by atomic mass is 10.6. The van der Waals surface area contributed by atoms with Crippen LogP contribution in [0.5, 0.6) is 0 Å². The summed E-state index contributed by atoms with van der Waals surface area (Å²) in [5, 5.41) is 13.3. The number of hydrogen-bond acceptors (Lipinski definition) is 5. The number of nitrogens with one attached hydrogen (secondary N) is 2. The highest BCUT2D eigenvalue weighted by Gasteiger charge is 2.04. The van der Waals surface area contributed by atoms with Gasteiger partial charge < -0.3 is 10.4 Å². The van der Waals surface area contributed by atoms with Gasteiger partial charge >= 0.3 is 12.0 Å². The van der Waals surface area contributed by atoms with Crippen LogP contribution in [0, 0.1) is 6.92 Å². The Kier molecular flexibility index (Phi) is 4.67. The predicted octanol–water partition coefficient (Wildman–Crippen LogP) is 0.267. The standard InChI is InChI=1S/C8H11N3O4S/c1-5-4-16-6(10-5)2-9-8(14)11-15-3-7(12)13/h4H,2-3H2,1H3,(H,12,13)(H2,9,11,14). The Labute approximate surface area is 95.4 Å². The van der Waals surface area contributed by atoms with E-state index in [9.17, 15) is 9.59 Å². The van der Waals surface area contributed by atoms with Crippen LogP contribution in [-0.4, -0.2) is 28.7 Å². The van der Waals surface area contributed by atoms with Crippen LogP contribution in [0.4, 0.5) is 4.79 Å². The van der Waals surface area contributed by atoms with Crippen molar-refractivity contribution in [3.8, 4) is 0 Å². The molecule has 0 saturated heterocycles. The molecule has 0 unspecified atom stereocenters. The van der Waals surface area contributed by atoms with Crippen molar-refractivity contribution in [2.45, 2.75) is 13.5 Å². The molecular weight excluding hydrogens is 234 g/mol. The molecule has 0 bridgehead atoms. The zero-order valence-electron chi connectivity index (χ0n) is 8.52. The van der Waals surface area contributed by atoms with Gasteiger partial charge in [-0.2, -0.15) is 0 Å². The number of hydrogen-bond donors (Lipinski definition) is 3. The first kappa shape index (κ1) is 12.4. The molecule has 0 aromatic carbocycles. The van der Waals surface area contributed by atoms with Gasteiger partial charge in [0.25, 0.3) is 0 Å². The molecular formula is C8H11N3O4S. The number of carboxylic acid groups (broad SMARTS) is 1. The van der Waals surface area contributed by atoms with Crippen LogP contribution in [0.1, 0.15) is 10.7 Å². The minimum Gasteiger partial charge on any atom is -0.479 e. The first-order valence-electron chi connectivity index (χ1n) is 4.36. The van der Waals surface area contributed by atoms with E-state index in [2.05, 4.69) is 15.1 Å². The van der Waals surface area contributed by atoms with Crippen molar-refractivity contribution in [2.24, 2.45) is 0 Å². The Hall–Kier alpha value is -1.67. The number of carbonyl (C=O) groups is 2. The second-order valence-electron chi connectivity index (χ2n) is 2.85. The second kappa shape index (κ2) is 6.03. The van der Waals surface area contributed by atoms with Gasteiger partial charge in [-0.05, 0) is 6.92 Å². The molecule has 1 rings (SSSR count). The van der Waals surface area contributed by atoms with Gasteiger partial charge in [0, 0.05) is 11.1 Å². The molecule has 0 fully saturated rings. The fourth-order valence-corrected chi connectivity index (χ4v) is 1.55. The molecule has 0 atom stereocenters. The maximum atomic E-state index is 11.0. The van der Waals surface area contributed by atoms with Crippen molar-refractivity contribution in [3.05, 3.63) is 16.1 Å². The first-order valence-corrected chi connectivity index (χ1v) is 5.24. The van der Waals surface area contributed by atoms with Gasteiger partial charge in [-0.3, -0.25) is 4.84 Å². The molecule has 88 valence electrons. The number of carbonyl (C=O) groups excluding carboxylic acids is 1. The summed E-state index contributed by atoms with van der Waals surface area (Å²) >= 11 is 1.43. The van der Waals surface area contributed by atoms with E-state index in [0.29, 0.717) is 0 Å². The Morgan fingerprint density at radius 1 is 1.62 bits per heavy atom. The highest BCUT2D eigenvalue weighted by molar-refractivity contribution is 7.09. The molecule has 0 aliphatic heterocycles. The second-order valence-corrected chi connectivity index (χ2v) is 3.79. The molecule has 16 heavy (non-hydrogen) atoms. The van der Waals surface area contributed by atoms with E-state index in [4.69, 9.17) is 5.11 Å². The summed E-state index contributed by atoms with van der Waals surface area (Å²) in [6, 6.07) is -0.603. The number of urea groups is 1. The van der Waals surface area contributed by atoms with Gasteiger partial charge in [0.1, 0.15) is 5.01 Å². The van der Waals surface area contributed by atoms with Crippen molar-refractivity contribution >= 4 is 23.3 Å². The molecule has 3 N–H and O–H groups in total. The first-order chi connectivity index (χ1) is 7.58. The topological polar surface area (TPSA) is 101 Å². The van der Waals surface area contributed by atoms with Crippen LogP contribution in [0.2, 0.25) is 0 Å². The van der Waals surface area contributed by atoms with Gasteiger partial charge in [0.15, 0.2) is 6.61 Å². The van der Waals surface area contributed by atoms with Crippen molar-refractivity contribution in [1.29, 1.82) is 0 Å². The molecule has 1 aromatic rings. The van der Waals surface area contributed by atoms with E-state index in [1.54, 1.807) is 0 Å². The van der Waals surface area contributed by atoms with Gasteiger partial charge in [0.2, 0.25) is 0 Å². The Morgan fingerprint density at radius 2 is 2.38 bits per heavy atom. The zero-order chi connectivity index (χ0) is 12.0. The number of carboxylic acids is 1. The fourth-order valence-electron chi connectivity index (χ4n) is 0.839. The van der Waals surface area contributed by atoms with Gasteiger partial charge in [-0.1, -0.05) is 0 Å². The number of aryl methyl sites for hydroxylation is 1. The number of hydroxylamine groups is 1. The molecule has 1 heterocycles. The highest BCUT2D eigenvalue weighted by atomic mass is 32.1. The molecule has 1 aromatic heterocycles. The van der Waals surface area contributed by atoms with Crippen LogP contribution in [0.25, 0.3) is 0 Å². The summed E-state index contributed by atoms with van der Waals surface area (Å²) in [6.07, 6.45) is 0. The van der Waals surface area contributed by atoms with Gasteiger partial charge in [-0.15, -0.1) is 11.3 Å². The monoisotopic (exact) mass is 245 g/mol. The summed E-state index contributed by atoms with van der Waals surface area (Å²) in [5.41, 5.74) is 2.83. The van der Waals surface area contributed by atoms with Crippen molar-refractivity contribution in [2.75, 3.05) is 6.61 Å². The number of thiazole rings is 1. The maximum Gasteiger partial charge on any atom is 0.339 e. The Morgan fingerprint density at radius 3 is 2.94 bits per heavy atom. The summed E-state index contributed by atoms with van der Waals surface area (Å²) < 4.78 is 0. The van der Waals surface area contributed by atoms with Crippen LogP contribution < -0.4 is 10.8 Å². The molecule has 0 saturated carbocycles. The van der Waals surface area contributed by atoms with Crippen LogP contribution in [0.15, 0.2) is 5.38 Å². The number of aromatic nitrogens is 1. The number of amides is 2. The lowest BCUT2D eigenvalue weighted by Gasteiger charge is -2.04. The van der Waals surface area contributed by atoms with E-state index in [0.717, 1.165) is 10.7 Å². The summed E-state index contributed by atoms with van der Waals surface area (Å²) in [4.78, 5) is 29.6. The minimum absolute atomic E-state index is 0.279. The lowest BCUT2D eigenvalue weighted by Crippen LogP contribution is -2.36. The Balaban J connectivity index is 2.17. The average molecular weight is 245 g/mol. The highest BCUT2D eigenvalue weighted by Crippen LogP contribution is 2.07. The molecule has 0 spiro atoms. The Bertz CT molecular complexity index is 379. The predicted molar refractivity (Wildman–Crippen MR) is 55.8 cm³/mol. The SMILES string of the molecule is Cc1csc(CNC(=O)NOCC(=O)O)n1. The summed E-state index contributed by atoms with van der Waals surface area (Å²) in [7, 11) is 0. The number of aliphatic carboxylic acids is 1. The molecule has 8 heteroatoms. The fraction of sp³-hybridized carbons (Fsp3) is 0.375. The van der Waals surface area contributed by atoms with Crippen molar-refractivity contribution < 1.29 is 19.5 Å². The van der Waals surface area contributed by atoms with E-state index in [1.807, 2.05) is 17.8 Å². The molecule has 0 radical (unpaired) electrons. The lowest BCUT2D eigenvalue weighted by molar-refractivity contribution is -0.144. The molecule has 2 amide bonds. The average Bonchev–Trinajstić information content (AvgIpc) is 2.61. The van der Waals surface area contributed by atoms with Crippen LogP contribution in [0.3, 0.4) is 0 Å². The maximum absolute atomic E-state index is 11.0. The van der Waals surface area contributed by atoms with E-state index < -0.39 is 18.6 Å². The zero-order valence-corrected chi connectivity index (χ0v) is 9.34. The van der Waals surface area contributed by atoms with Crippen LogP contribution >= 0.6 is 11.3 Å². The normalized spacial score (nSPS) is 9.81. The third kappa shape index (κ3) is 4.71. The van der Waals surface area contributed by atoms with Crippen molar-refractivity contribution in [3.63, 3.8) is 0 Å². The molecule has 0 aliphatic rings. The minimum atomic E-state index is -1.16. The summed E-state index contributed by atoms with van der Waals surface area (Å²) in [6.45, 7) is 1.56. The van der Waals surface area contributed by atoms with Crippen LogP contribution in [-0.2, 0) is 16.2 Å². The van der Waals surface area contributed by atoms with E-state index in [1.165, 1.54) is 11.3 Å². The molecule has 0 aliphatic carbocycles. The largest absolute Gasteiger partial charge is 0.479 e.